The van der Waals surface area contributed by atoms with Crippen LogP contribution in [0.2, 0.25) is 5.02 Å². The molecule has 1 heterocycles. The molecule has 1 aromatic heterocycles. The molecule has 3 rings (SSSR count). The van der Waals surface area contributed by atoms with E-state index in [0.717, 1.165) is 19.3 Å². The smallest absolute Gasteiger partial charge is 0.261 e. The average molecular weight is 310 g/mol. The molecule has 1 aromatic carbocycles. The summed E-state index contributed by atoms with van der Waals surface area (Å²) in [5.41, 5.74) is 6.39. The third-order valence-corrected chi connectivity index (χ3v) is 4.26. The summed E-state index contributed by atoms with van der Waals surface area (Å²) >= 11 is 6.06. The van der Waals surface area contributed by atoms with Gasteiger partial charge in [0.1, 0.15) is 11.4 Å². The van der Waals surface area contributed by atoms with Crippen molar-refractivity contribution >= 4 is 17.3 Å². The zero-order valence-electron chi connectivity index (χ0n) is 11.9. The van der Waals surface area contributed by atoms with Gasteiger partial charge in [0.05, 0.1) is 23.4 Å². The summed E-state index contributed by atoms with van der Waals surface area (Å²) in [4.78, 5) is 4.44. The fraction of sp³-hybridized carbons (Fsp3) is 0.429. The summed E-state index contributed by atoms with van der Waals surface area (Å²) in [7, 11) is 3.21. The first kappa shape index (κ1) is 14.2. The third-order valence-electron chi connectivity index (χ3n) is 3.93. The number of ether oxygens (including phenoxy) is 2. The average Bonchev–Trinajstić information content (AvgIpc) is 2.90. The van der Waals surface area contributed by atoms with Crippen molar-refractivity contribution in [3.8, 4) is 17.2 Å². The molecule has 0 unspecified atom stereocenters. The van der Waals surface area contributed by atoms with Crippen LogP contribution in [0, 0.1) is 0 Å². The minimum absolute atomic E-state index is 0.340. The van der Waals surface area contributed by atoms with Crippen molar-refractivity contribution in [2.24, 2.45) is 0 Å². The molecule has 0 aliphatic heterocycles. The number of nitrogens with zero attached hydrogens (tertiary/aromatic N) is 2. The Labute approximate surface area is 127 Å². The number of nitrogen functional groups attached to an aromatic ring is 1. The van der Waals surface area contributed by atoms with Crippen LogP contribution in [0.3, 0.4) is 0 Å². The SMILES string of the molecule is COc1cc(N)c(Cl)cc1-c1nc(C2(OC)CCC2)no1. The van der Waals surface area contributed by atoms with E-state index in [-0.39, 0.29) is 0 Å². The van der Waals surface area contributed by atoms with Gasteiger partial charge in [0, 0.05) is 13.2 Å². The van der Waals surface area contributed by atoms with Gasteiger partial charge in [-0.25, -0.2) is 0 Å². The van der Waals surface area contributed by atoms with E-state index in [0.29, 0.717) is 33.7 Å². The Bertz CT molecular complexity index is 662. The fourth-order valence-corrected chi connectivity index (χ4v) is 2.60. The van der Waals surface area contributed by atoms with Crippen molar-refractivity contribution in [2.75, 3.05) is 20.0 Å². The second-order valence-electron chi connectivity index (χ2n) is 5.05. The molecule has 0 bridgehead atoms. The molecule has 1 aliphatic carbocycles. The van der Waals surface area contributed by atoms with E-state index in [2.05, 4.69) is 10.1 Å². The lowest BCUT2D eigenvalue weighted by Gasteiger charge is -2.37. The number of hydrogen-bond acceptors (Lipinski definition) is 6. The number of rotatable bonds is 4. The summed E-state index contributed by atoms with van der Waals surface area (Å²) < 4.78 is 16.2. The standard InChI is InChI=1S/C14H16ClN3O3/c1-19-11-7-10(16)9(15)6-8(11)12-17-13(18-21-12)14(20-2)4-3-5-14/h6-7H,3-5,16H2,1-2H3. The highest BCUT2D eigenvalue weighted by Gasteiger charge is 2.43. The van der Waals surface area contributed by atoms with Gasteiger partial charge in [-0.15, -0.1) is 0 Å². The monoisotopic (exact) mass is 309 g/mol. The van der Waals surface area contributed by atoms with Gasteiger partial charge < -0.3 is 19.7 Å². The van der Waals surface area contributed by atoms with E-state index in [4.69, 9.17) is 31.3 Å². The molecule has 21 heavy (non-hydrogen) atoms. The Morgan fingerprint density at radius 2 is 2.10 bits per heavy atom. The molecule has 1 saturated carbocycles. The summed E-state index contributed by atoms with van der Waals surface area (Å²) in [5.74, 6) is 1.43. The molecule has 0 saturated heterocycles. The van der Waals surface area contributed by atoms with E-state index in [1.165, 1.54) is 0 Å². The number of nitrogens with two attached hydrogens (primary N) is 1. The molecule has 0 radical (unpaired) electrons. The van der Waals surface area contributed by atoms with Crippen LogP contribution in [0.4, 0.5) is 5.69 Å². The Morgan fingerprint density at radius 3 is 2.67 bits per heavy atom. The number of halogens is 1. The van der Waals surface area contributed by atoms with Gasteiger partial charge in [-0.05, 0) is 25.3 Å². The van der Waals surface area contributed by atoms with Crippen LogP contribution in [0.5, 0.6) is 5.75 Å². The Hall–Kier alpha value is -1.79. The second-order valence-corrected chi connectivity index (χ2v) is 5.46. The summed E-state index contributed by atoms with van der Waals surface area (Å²) in [5, 5.41) is 4.46. The lowest BCUT2D eigenvalue weighted by Crippen LogP contribution is -2.37. The number of anilines is 1. The molecule has 0 spiro atoms. The van der Waals surface area contributed by atoms with E-state index in [1.54, 1.807) is 26.4 Å². The highest BCUT2D eigenvalue weighted by Crippen LogP contribution is 2.44. The van der Waals surface area contributed by atoms with Crippen LogP contribution < -0.4 is 10.5 Å². The van der Waals surface area contributed by atoms with E-state index in [1.807, 2.05) is 0 Å². The van der Waals surface area contributed by atoms with E-state index < -0.39 is 5.60 Å². The second kappa shape index (κ2) is 5.20. The van der Waals surface area contributed by atoms with Gasteiger partial charge in [-0.2, -0.15) is 4.98 Å². The van der Waals surface area contributed by atoms with Crippen molar-refractivity contribution in [3.63, 3.8) is 0 Å². The molecule has 0 atom stereocenters. The molecule has 7 heteroatoms. The van der Waals surface area contributed by atoms with Gasteiger partial charge in [0.15, 0.2) is 0 Å². The minimum atomic E-state index is -0.424. The van der Waals surface area contributed by atoms with Gasteiger partial charge in [0.25, 0.3) is 5.89 Å². The number of methoxy groups -OCH3 is 2. The number of hydrogen-bond donors (Lipinski definition) is 1. The first-order valence-electron chi connectivity index (χ1n) is 6.62. The maximum atomic E-state index is 6.06. The molecular weight excluding hydrogens is 294 g/mol. The maximum absolute atomic E-state index is 6.06. The van der Waals surface area contributed by atoms with Crippen LogP contribution in [-0.2, 0) is 10.3 Å². The Balaban J connectivity index is 2.02. The van der Waals surface area contributed by atoms with Crippen molar-refractivity contribution < 1.29 is 14.0 Å². The normalized spacial score (nSPS) is 16.5. The zero-order valence-corrected chi connectivity index (χ0v) is 12.6. The van der Waals surface area contributed by atoms with Crippen LogP contribution in [-0.4, -0.2) is 24.4 Å². The first-order valence-corrected chi connectivity index (χ1v) is 7.00. The third kappa shape index (κ3) is 2.24. The molecule has 1 fully saturated rings. The largest absolute Gasteiger partial charge is 0.496 e. The van der Waals surface area contributed by atoms with Crippen molar-refractivity contribution in [1.82, 2.24) is 10.1 Å². The molecule has 2 N–H and O–H groups in total. The maximum Gasteiger partial charge on any atom is 0.261 e. The van der Waals surface area contributed by atoms with Crippen molar-refractivity contribution in [3.05, 3.63) is 23.0 Å². The minimum Gasteiger partial charge on any atom is -0.496 e. The Kier molecular flexibility index (Phi) is 3.51. The number of aromatic nitrogens is 2. The van der Waals surface area contributed by atoms with Crippen LogP contribution >= 0.6 is 11.6 Å². The molecule has 0 amide bonds. The van der Waals surface area contributed by atoms with Gasteiger partial charge in [-0.3, -0.25) is 0 Å². The summed E-state index contributed by atoms with van der Waals surface area (Å²) in [6, 6.07) is 3.30. The summed E-state index contributed by atoms with van der Waals surface area (Å²) in [6.07, 6.45) is 2.87. The van der Waals surface area contributed by atoms with E-state index >= 15 is 0 Å². The molecule has 6 nitrogen and oxygen atoms in total. The Morgan fingerprint density at radius 1 is 1.33 bits per heavy atom. The summed E-state index contributed by atoms with van der Waals surface area (Å²) in [6.45, 7) is 0. The van der Waals surface area contributed by atoms with Crippen molar-refractivity contribution in [1.29, 1.82) is 0 Å². The molecule has 1 aliphatic rings. The van der Waals surface area contributed by atoms with Crippen LogP contribution in [0.1, 0.15) is 25.1 Å². The lowest BCUT2D eigenvalue weighted by molar-refractivity contribution is -0.0858. The van der Waals surface area contributed by atoms with Gasteiger partial charge in [-0.1, -0.05) is 16.8 Å². The zero-order chi connectivity index (χ0) is 15.0. The highest BCUT2D eigenvalue weighted by atomic mass is 35.5. The lowest BCUT2D eigenvalue weighted by atomic mass is 9.79. The topological polar surface area (TPSA) is 83.4 Å². The van der Waals surface area contributed by atoms with Gasteiger partial charge >= 0.3 is 0 Å². The van der Waals surface area contributed by atoms with E-state index in [9.17, 15) is 0 Å². The predicted octanol–water partition coefficient (Wildman–Crippen LogP) is 3.01. The molecular formula is C14H16ClN3O3. The number of benzene rings is 1. The van der Waals surface area contributed by atoms with Crippen LogP contribution in [0.25, 0.3) is 11.5 Å². The highest BCUT2D eigenvalue weighted by molar-refractivity contribution is 6.33. The predicted molar refractivity (Wildman–Crippen MR) is 78.2 cm³/mol. The first-order chi connectivity index (χ1) is 10.1. The fourth-order valence-electron chi connectivity index (χ4n) is 2.44. The van der Waals surface area contributed by atoms with Gasteiger partial charge in [0.2, 0.25) is 5.82 Å². The van der Waals surface area contributed by atoms with Crippen LogP contribution in [0.15, 0.2) is 16.7 Å². The molecule has 112 valence electrons. The molecule has 2 aromatic rings. The quantitative estimate of drug-likeness (QED) is 0.874. The van der Waals surface area contributed by atoms with Crippen molar-refractivity contribution in [2.45, 2.75) is 24.9 Å².